The first kappa shape index (κ1) is 20.3. The van der Waals surface area contributed by atoms with Crippen molar-refractivity contribution in [2.24, 2.45) is 0 Å². The number of hydrogen-bond donors (Lipinski definition) is 0. The third kappa shape index (κ3) is 5980. The minimum atomic E-state index is 0. The molecular formula is H6B2F2O. The van der Waals surface area contributed by atoms with Gasteiger partial charge in [0.05, 0.1) is 0 Å². The molecule has 0 aliphatic rings. The van der Waals surface area contributed by atoms with Crippen LogP contribution in [-0.4, -0.2) is 21.7 Å². The summed E-state index contributed by atoms with van der Waals surface area (Å²) in [6.45, 7) is 0. The van der Waals surface area contributed by atoms with Gasteiger partial charge in [-0.25, -0.2) is 0 Å². The molecule has 0 aromatic carbocycles. The van der Waals surface area contributed by atoms with Gasteiger partial charge in [0.15, 0.2) is 0 Å². The van der Waals surface area contributed by atoms with Gasteiger partial charge in [0, 0.05) is 0 Å². The zero-order valence-electron chi connectivity index (χ0n) is 3.26. The van der Waals surface area contributed by atoms with Crippen LogP contribution in [0.4, 0.5) is 8.63 Å². The highest BCUT2D eigenvalue weighted by Crippen LogP contribution is 1.10. The highest BCUT2D eigenvalue weighted by molar-refractivity contribution is 5.96. The van der Waals surface area contributed by atoms with Gasteiger partial charge < -0.3 is 14.1 Å². The van der Waals surface area contributed by atoms with E-state index in [2.05, 4.69) is 0 Å². The first-order valence-corrected chi connectivity index (χ1v) is 0.756. The van der Waals surface area contributed by atoms with Crippen molar-refractivity contribution in [3.8, 4) is 0 Å². The van der Waals surface area contributed by atoms with Gasteiger partial charge in [-0.05, 0) is 0 Å². The molecule has 0 aliphatic heterocycles. The van der Waals surface area contributed by atoms with Crippen LogP contribution in [0.2, 0.25) is 0 Å². The molecule has 0 radical (unpaired) electrons. The van der Waals surface area contributed by atoms with E-state index in [0.29, 0.717) is 16.2 Å². The van der Waals surface area contributed by atoms with Crippen LogP contribution in [0.1, 0.15) is 0 Å². The lowest BCUT2D eigenvalue weighted by atomic mass is 10.7. The average molecular weight is 81.7 g/mol. The molecular weight excluding hydrogens is 75.6 g/mol. The SMILES string of the molecule is BF.BF.O. The summed E-state index contributed by atoms with van der Waals surface area (Å²) >= 11 is 0. The molecule has 0 unspecified atom stereocenters. The first-order valence-electron chi connectivity index (χ1n) is 0.756. The third-order valence-electron chi connectivity index (χ3n) is 0. The van der Waals surface area contributed by atoms with E-state index >= 15 is 0 Å². The Kier molecular flexibility index (Phi) is 55600. The summed E-state index contributed by atoms with van der Waals surface area (Å²) in [5.74, 6) is 0. The van der Waals surface area contributed by atoms with E-state index in [9.17, 15) is 8.63 Å². The summed E-state index contributed by atoms with van der Waals surface area (Å²) in [5, 5.41) is 0. The normalized spacial score (nSPS) is 2.00. The van der Waals surface area contributed by atoms with Gasteiger partial charge in [-0.2, -0.15) is 0 Å². The maximum Gasteiger partial charge on any atom is 0.314 e. The Bertz CT molecular complexity index is 7.61. The van der Waals surface area contributed by atoms with E-state index in [1.807, 2.05) is 0 Å². The van der Waals surface area contributed by atoms with Crippen molar-refractivity contribution in [1.82, 2.24) is 0 Å². The maximum atomic E-state index is 9.50. The second kappa shape index (κ2) is 13700. The Hall–Kier alpha value is -0.0501. The second-order valence-electron chi connectivity index (χ2n) is 0. The molecule has 2 N–H and O–H groups in total. The standard InChI is InChI=1S/2BFH2.H2O/c2*1-2;/h2*1H2;1H2. The van der Waals surface area contributed by atoms with Gasteiger partial charge >= 0.3 is 16.2 Å². The quantitative estimate of drug-likeness (QED) is 0.308. The van der Waals surface area contributed by atoms with Crippen molar-refractivity contribution in [3.63, 3.8) is 0 Å². The predicted molar refractivity (Wildman–Crippen MR) is 22.9 cm³/mol. The van der Waals surface area contributed by atoms with Crippen molar-refractivity contribution >= 4 is 16.2 Å². The Labute approximate surface area is 31.6 Å². The van der Waals surface area contributed by atoms with Crippen molar-refractivity contribution in [2.75, 3.05) is 0 Å². The average Bonchev–Trinajstić information content (AvgIpc) is 1.50. The zero-order chi connectivity index (χ0) is 4.00. The highest BCUT2D eigenvalue weighted by Gasteiger charge is 1.04. The number of halogens is 2. The Morgan fingerprint density at radius 2 is 0.800 bits per heavy atom. The molecule has 0 bridgehead atoms. The molecule has 32 valence electrons. The highest BCUT2D eigenvalue weighted by atomic mass is 19.1. The van der Waals surface area contributed by atoms with Gasteiger partial charge in [0.1, 0.15) is 0 Å². The molecule has 1 nitrogen and oxygen atoms in total. The van der Waals surface area contributed by atoms with Crippen LogP contribution in [0.15, 0.2) is 0 Å². The summed E-state index contributed by atoms with van der Waals surface area (Å²) in [6, 6.07) is 0. The van der Waals surface area contributed by atoms with Crippen molar-refractivity contribution < 1.29 is 14.1 Å². The summed E-state index contributed by atoms with van der Waals surface area (Å²) in [7, 11) is 1.00. The van der Waals surface area contributed by atoms with Gasteiger partial charge in [-0.1, -0.05) is 0 Å². The van der Waals surface area contributed by atoms with E-state index in [1.165, 1.54) is 0 Å². The lowest BCUT2D eigenvalue weighted by Crippen LogP contribution is -1.06. The molecule has 0 aromatic heterocycles. The Morgan fingerprint density at radius 1 is 0.800 bits per heavy atom. The van der Waals surface area contributed by atoms with E-state index in [-0.39, 0.29) is 5.48 Å². The molecule has 5 heteroatoms. The van der Waals surface area contributed by atoms with Gasteiger partial charge in [-0.15, -0.1) is 0 Å². The van der Waals surface area contributed by atoms with Gasteiger partial charge in [0.2, 0.25) is 0 Å². The zero-order valence-corrected chi connectivity index (χ0v) is 3.26. The molecule has 0 fully saturated rings. The summed E-state index contributed by atoms with van der Waals surface area (Å²) < 4.78 is 19.0. The van der Waals surface area contributed by atoms with Crippen molar-refractivity contribution in [3.05, 3.63) is 0 Å². The van der Waals surface area contributed by atoms with Crippen molar-refractivity contribution in [1.29, 1.82) is 0 Å². The molecule has 5 heavy (non-hydrogen) atoms. The molecule has 0 saturated carbocycles. The van der Waals surface area contributed by atoms with Crippen LogP contribution in [0.25, 0.3) is 0 Å². The van der Waals surface area contributed by atoms with Crippen LogP contribution in [-0.2, 0) is 0 Å². The Morgan fingerprint density at radius 3 is 0.800 bits per heavy atom. The summed E-state index contributed by atoms with van der Waals surface area (Å²) in [4.78, 5) is 0. The van der Waals surface area contributed by atoms with Crippen molar-refractivity contribution in [2.45, 2.75) is 0 Å². The van der Waals surface area contributed by atoms with Crippen LogP contribution in [0.5, 0.6) is 0 Å². The fourth-order valence-electron chi connectivity index (χ4n) is 0. The van der Waals surface area contributed by atoms with Gasteiger partial charge in [0.25, 0.3) is 0 Å². The van der Waals surface area contributed by atoms with Crippen LogP contribution < -0.4 is 0 Å². The first-order chi connectivity index (χ1) is 2.00. The topological polar surface area (TPSA) is 31.5 Å². The monoisotopic (exact) mass is 82.1 g/mol. The van der Waals surface area contributed by atoms with E-state index in [1.54, 1.807) is 0 Å². The second-order valence-corrected chi connectivity index (χ2v) is 0. The largest absolute Gasteiger partial charge is 0.412 e. The van der Waals surface area contributed by atoms with E-state index in [4.69, 9.17) is 0 Å². The van der Waals surface area contributed by atoms with Crippen LogP contribution in [0, 0.1) is 0 Å². The summed E-state index contributed by atoms with van der Waals surface area (Å²) in [5.41, 5.74) is 0. The maximum absolute atomic E-state index is 9.50. The van der Waals surface area contributed by atoms with Crippen LogP contribution in [0.3, 0.4) is 0 Å². The lowest BCUT2D eigenvalue weighted by Gasteiger charge is -1.07. The molecule has 0 heterocycles. The molecule has 0 atom stereocenters. The fourth-order valence-corrected chi connectivity index (χ4v) is 0. The number of rotatable bonds is 0. The minimum absolute atomic E-state index is 0. The lowest BCUT2D eigenvalue weighted by molar-refractivity contribution is 0.824. The molecule has 0 amide bonds. The smallest absolute Gasteiger partial charge is 0.314 e. The predicted octanol–water partition coefficient (Wildman–Crippen LogP) is -1.82. The summed E-state index contributed by atoms with van der Waals surface area (Å²) in [6.07, 6.45) is 0. The molecule has 0 aromatic rings. The minimum Gasteiger partial charge on any atom is -0.412 e. The van der Waals surface area contributed by atoms with E-state index < -0.39 is 0 Å². The van der Waals surface area contributed by atoms with Gasteiger partial charge in [-0.3, -0.25) is 0 Å². The fraction of sp³-hybridized carbons (Fsp3) is 0. The molecule has 0 aliphatic carbocycles. The third-order valence-corrected chi connectivity index (χ3v) is 0. The molecule has 0 saturated heterocycles. The van der Waals surface area contributed by atoms with E-state index in [0.717, 1.165) is 0 Å². The Balaban J connectivity index is -0.0000000133. The molecule has 0 spiro atoms. The molecule has 0 rings (SSSR count). The number of hydrogen-bond acceptors (Lipinski definition) is 0. The van der Waals surface area contributed by atoms with Crippen LogP contribution >= 0.6 is 0 Å².